The Morgan fingerprint density at radius 1 is 1.13 bits per heavy atom. The molecule has 45 heavy (non-hydrogen) atoms. The number of sulfone groups is 1. The first-order valence-corrected chi connectivity index (χ1v) is 17.5. The number of ether oxygens (including phenoxy) is 2. The third-order valence-corrected chi connectivity index (χ3v) is 10.3. The van der Waals surface area contributed by atoms with Gasteiger partial charge in [-0.2, -0.15) is 4.98 Å². The van der Waals surface area contributed by atoms with E-state index in [-0.39, 0.29) is 51.6 Å². The van der Waals surface area contributed by atoms with Gasteiger partial charge in [0, 0.05) is 21.5 Å². The lowest BCUT2D eigenvalue weighted by Crippen LogP contribution is -2.44. The lowest BCUT2D eigenvalue weighted by Gasteiger charge is -2.42. The highest BCUT2D eigenvalue weighted by Gasteiger charge is 2.38. The molecule has 0 bridgehead atoms. The molecule has 12 heteroatoms. The predicted molar refractivity (Wildman–Crippen MR) is 179 cm³/mol. The van der Waals surface area contributed by atoms with Gasteiger partial charge in [-0.15, -0.1) is 0 Å². The van der Waals surface area contributed by atoms with Crippen LogP contribution in [0.15, 0.2) is 47.1 Å². The topological polar surface area (TPSA) is 123 Å². The van der Waals surface area contributed by atoms with Crippen molar-refractivity contribution < 1.29 is 25.4 Å². The SMILES string of the molecule is [2H]C1([2H])C(OC(C)C)C(Nc2ncc(Cl)c(Nc3ccccc3S(=O)(=O)C(C)C)n2)=CC(C)C1C1CCN(C(=O)OC(C)(C)C)CC1. The Bertz CT molecular complexity index is 1570. The van der Waals surface area contributed by atoms with Gasteiger partial charge in [0.1, 0.15) is 10.6 Å². The number of carbonyl (C=O) groups is 1. The van der Waals surface area contributed by atoms with Gasteiger partial charge in [-0.3, -0.25) is 0 Å². The third-order valence-electron chi connectivity index (χ3n) is 7.81. The third kappa shape index (κ3) is 8.89. The number of nitrogens with zero attached hydrogens (tertiary/aromatic N) is 3. The van der Waals surface area contributed by atoms with Crippen LogP contribution >= 0.6 is 11.6 Å². The van der Waals surface area contributed by atoms with Crippen LogP contribution < -0.4 is 10.6 Å². The minimum Gasteiger partial charge on any atom is -0.444 e. The summed E-state index contributed by atoms with van der Waals surface area (Å²) in [5, 5.41) is 5.81. The summed E-state index contributed by atoms with van der Waals surface area (Å²) < 4.78 is 56.7. The lowest BCUT2D eigenvalue weighted by molar-refractivity contribution is -0.0105. The van der Waals surface area contributed by atoms with Crippen molar-refractivity contribution in [2.45, 2.75) is 103 Å². The van der Waals surface area contributed by atoms with E-state index in [9.17, 15) is 16.0 Å². The number of aromatic nitrogens is 2. The van der Waals surface area contributed by atoms with Crippen LogP contribution in [0.2, 0.25) is 5.02 Å². The highest BCUT2D eigenvalue weighted by molar-refractivity contribution is 7.92. The molecule has 0 saturated carbocycles. The number of anilines is 3. The zero-order valence-corrected chi connectivity index (χ0v) is 29.0. The van der Waals surface area contributed by atoms with Crippen LogP contribution in [0.4, 0.5) is 22.2 Å². The number of hydrogen-bond donors (Lipinski definition) is 2. The average molecular weight is 664 g/mol. The number of allylic oxidation sites excluding steroid dienone is 1. The molecule has 2 aromatic rings. The molecule has 1 aliphatic heterocycles. The second kappa shape index (κ2) is 14.3. The van der Waals surface area contributed by atoms with E-state index in [2.05, 4.69) is 20.6 Å². The number of amides is 1. The maximum Gasteiger partial charge on any atom is 0.410 e. The maximum atomic E-state index is 13.0. The van der Waals surface area contributed by atoms with Crippen molar-refractivity contribution in [3.63, 3.8) is 0 Å². The molecular formula is C33H48ClN5O5S. The number of likely N-dealkylation sites (tertiary alicyclic amines) is 1. The Morgan fingerprint density at radius 3 is 2.42 bits per heavy atom. The molecule has 1 saturated heterocycles. The van der Waals surface area contributed by atoms with Crippen LogP contribution in [-0.4, -0.2) is 65.5 Å². The van der Waals surface area contributed by atoms with E-state index in [1.165, 1.54) is 12.3 Å². The Morgan fingerprint density at radius 2 is 1.80 bits per heavy atom. The molecule has 248 valence electrons. The van der Waals surface area contributed by atoms with Crippen LogP contribution in [0.1, 0.15) is 77.3 Å². The molecule has 1 fully saturated rings. The van der Waals surface area contributed by atoms with Crippen LogP contribution in [0, 0.1) is 17.8 Å². The molecule has 2 heterocycles. The molecular weight excluding hydrogens is 614 g/mol. The second-order valence-corrected chi connectivity index (χ2v) is 16.2. The second-order valence-electron chi connectivity index (χ2n) is 13.3. The molecule has 2 aliphatic rings. The van der Waals surface area contributed by atoms with Crippen LogP contribution in [0.5, 0.6) is 0 Å². The summed E-state index contributed by atoms with van der Waals surface area (Å²) in [4.78, 5) is 23.4. The minimum absolute atomic E-state index is 0.0273. The van der Waals surface area contributed by atoms with E-state index in [4.69, 9.17) is 21.1 Å². The minimum atomic E-state index is -3.60. The normalized spacial score (nSPS) is 23.3. The summed E-state index contributed by atoms with van der Waals surface area (Å²) in [6.45, 7) is 15.5. The molecule has 0 spiro atoms. The fourth-order valence-corrected chi connectivity index (χ4v) is 6.90. The molecule has 10 nitrogen and oxygen atoms in total. The van der Waals surface area contributed by atoms with Crippen molar-refractivity contribution >= 4 is 45.0 Å². The zero-order valence-electron chi connectivity index (χ0n) is 29.4. The van der Waals surface area contributed by atoms with E-state index < -0.39 is 33.2 Å². The van der Waals surface area contributed by atoms with Crippen LogP contribution in [0.3, 0.4) is 0 Å². The van der Waals surface area contributed by atoms with Gasteiger partial charge in [-0.25, -0.2) is 18.2 Å². The summed E-state index contributed by atoms with van der Waals surface area (Å²) in [6, 6.07) is 6.56. The van der Waals surface area contributed by atoms with Gasteiger partial charge in [0.2, 0.25) is 5.95 Å². The number of piperidine rings is 1. The van der Waals surface area contributed by atoms with E-state index in [1.54, 1.807) is 36.9 Å². The van der Waals surface area contributed by atoms with Gasteiger partial charge in [0.15, 0.2) is 15.7 Å². The molecule has 1 aliphatic carbocycles. The lowest BCUT2D eigenvalue weighted by atomic mass is 9.71. The van der Waals surface area contributed by atoms with Crippen molar-refractivity contribution in [2.24, 2.45) is 17.8 Å². The summed E-state index contributed by atoms with van der Waals surface area (Å²) in [5.74, 6) is -0.161. The van der Waals surface area contributed by atoms with Gasteiger partial charge in [0.05, 0.1) is 34.2 Å². The van der Waals surface area contributed by atoms with Gasteiger partial charge >= 0.3 is 6.09 Å². The number of nitrogens with one attached hydrogen (secondary N) is 2. The summed E-state index contributed by atoms with van der Waals surface area (Å²) in [7, 11) is -3.60. The van der Waals surface area contributed by atoms with Crippen LogP contribution in [0.25, 0.3) is 0 Å². The molecule has 3 atom stereocenters. The average Bonchev–Trinajstić information content (AvgIpc) is 2.96. The molecule has 1 aromatic heterocycles. The van der Waals surface area contributed by atoms with Gasteiger partial charge in [0.25, 0.3) is 0 Å². The van der Waals surface area contributed by atoms with Crippen molar-refractivity contribution in [3.05, 3.63) is 47.3 Å². The standard InChI is InChI=1S/C33H48ClN5O5S/c1-20(2)43-28-18-24(23-13-15-39(16-14-23)32(40)44-33(6,7)8)22(5)17-27(28)37-31-35-19-25(34)30(38-31)36-26-11-9-10-12-29(26)45(41,42)21(3)4/h9-12,17,19-24,28H,13-16,18H2,1-8H3,(H2,35,36,37,38)/i18D2. The molecule has 2 N–H and O–H groups in total. The zero-order chi connectivity index (χ0) is 34.9. The molecule has 1 aromatic carbocycles. The highest BCUT2D eigenvalue weighted by atomic mass is 35.5. The van der Waals surface area contributed by atoms with Crippen molar-refractivity contribution in [1.82, 2.24) is 14.9 Å². The van der Waals surface area contributed by atoms with Crippen LogP contribution in [-0.2, 0) is 19.3 Å². The largest absolute Gasteiger partial charge is 0.444 e. The summed E-state index contributed by atoms with van der Waals surface area (Å²) >= 11 is 6.45. The molecule has 4 rings (SSSR count). The fraction of sp³-hybridized carbons (Fsp3) is 0.606. The number of rotatable bonds is 9. The van der Waals surface area contributed by atoms with Gasteiger partial charge < -0.3 is 25.0 Å². The number of carbonyl (C=O) groups excluding carboxylic acids is 1. The van der Waals surface area contributed by atoms with E-state index in [0.29, 0.717) is 37.3 Å². The maximum absolute atomic E-state index is 13.0. The summed E-state index contributed by atoms with van der Waals surface area (Å²) in [6.07, 6.45) is 1.37. The van der Waals surface area contributed by atoms with E-state index >= 15 is 0 Å². The Hall–Kier alpha value is -2.89. The smallest absolute Gasteiger partial charge is 0.410 e. The Kier molecular flexibility index (Phi) is 10.2. The number of hydrogen-bond acceptors (Lipinski definition) is 9. The molecule has 3 unspecified atom stereocenters. The van der Waals surface area contributed by atoms with E-state index in [1.807, 2.05) is 47.6 Å². The quantitative estimate of drug-likeness (QED) is 0.282. The number of halogens is 1. The fourth-order valence-electron chi connectivity index (χ4n) is 5.56. The number of benzene rings is 1. The van der Waals surface area contributed by atoms with Crippen molar-refractivity contribution in [2.75, 3.05) is 23.7 Å². The first-order valence-electron chi connectivity index (χ1n) is 16.6. The predicted octanol–water partition coefficient (Wildman–Crippen LogP) is 7.45. The highest BCUT2D eigenvalue weighted by Crippen LogP contribution is 2.40. The summed E-state index contributed by atoms with van der Waals surface area (Å²) in [5.41, 5.74) is 0.244. The van der Waals surface area contributed by atoms with Gasteiger partial charge in [-0.1, -0.05) is 36.7 Å². The van der Waals surface area contributed by atoms with E-state index in [0.717, 1.165) is 0 Å². The number of para-hydroxylation sites is 1. The molecule has 1 amide bonds. The Balaban J connectivity index is 1.59. The monoisotopic (exact) mass is 663 g/mol. The Labute approximate surface area is 276 Å². The first kappa shape index (κ1) is 32.1. The molecule has 0 radical (unpaired) electrons. The van der Waals surface area contributed by atoms with Crippen molar-refractivity contribution in [3.8, 4) is 0 Å². The van der Waals surface area contributed by atoms with Crippen molar-refractivity contribution in [1.29, 1.82) is 0 Å². The first-order chi connectivity index (χ1) is 21.8. The van der Waals surface area contributed by atoms with Gasteiger partial charge in [-0.05, 0) is 97.6 Å².